The quantitative estimate of drug-likeness (QED) is 0.469. The molecule has 35 heavy (non-hydrogen) atoms. The standard InChI is InChI=1S/C27H37N3O5/c1-6-7-16-30(22(31)18-29-26(34)35-27(3,4)5)23(21-15-11-12-19(2)24(21)32)25(33)28-17-20-13-9-8-10-14-20/h8-15,23,32H,6-7,16-18H2,1-5H3,(H,28,33)(H,29,34). The molecule has 0 saturated carbocycles. The Morgan fingerprint density at radius 2 is 1.71 bits per heavy atom. The van der Waals surface area contributed by atoms with Crippen LogP contribution in [0.25, 0.3) is 0 Å². The Hall–Kier alpha value is -3.55. The van der Waals surface area contributed by atoms with Crippen LogP contribution in [0.15, 0.2) is 48.5 Å². The fourth-order valence-corrected chi connectivity index (χ4v) is 3.52. The minimum absolute atomic E-state index is 0.0400. The third-order valence-corrected chi connectivity index (χ3v) is 5.29. The number of rotatable bonds is 10. The number of hydrogen-bond acceptors (Lipinski definition) is 5. The molecule has 3 N–H and O–H groups in total. The summed E-state index contributed by atoms with van der Waals surface area (Å²) in [5, 5.41) is 16.2. The van der Waals surface area contributed by atoms with E-state index in [0.29, 0.717) is 17.5 Å². The monoisotopic (exact) mass is 483 g/mol. The van der Waals surface area contributed by atoms with Crippen LogP contribution in [-0.2, 0) is 20.9 Å². The number of alkyl carbamates (subject to hydrolysis) is 1. The van der Waals surface area contributed by atoms with Crippen LogP contribution in [0.3, 0.4) is 0 Å². The van der Waals surface area contributed by atoms with Crippen molar-refractivity contribution in [2.24, 2.45) is 0 Å². The topological polar surface area (TPSA) is 108 Å². The van der Waals surface area contributed by atoms with E-state index in [1.54, 1.807) is 45.9 Å². The lowest BCUT2D eigenvalue weighted by atomic mass is 9.99. The number of hydrogen-bond donors (Lipinski definition) is 3. The maximum absolute atomic E-state index is 13.5. The van der Waals surface area contributed by atoms with Crippen molar-refractivity contribution in [1.82, 2.24) is 15.5 Å². The molecular weight excluding hydrogens is 446 g/mol. The van der Waals surface area contributed by atoms with Crippen LogP contribution in [0.4, 0.5) is 4.79 Å². The van der Waals surface area contributed by atoms with Gasteiger partial charge in [-0.15, -0.1) is 0 Å². The number of aromatic hydroxyl groups is 1. The van der Waals surface area contributed by atoms with Crippen molar-refractivity contribution in [2.45, 2.75) is 65.6 Å². The van der Waals surface area contributed by atoms with Gasteiger partial charge in [0.2, 0.25) is 11.8 Å². The Kier molecular flexibility index (Phi) is 10.1. The molecule has 8 nitrogen and oxygen atoms in total. The van der Waals surface area contributed by atoms with Crippen molar-refractivity contribution < 1.29 is 24.2 Å². The zero-order chi connectivity index (χ0) is 26.0. The highest BCUT2D eigenvalue weighted by Crippen LogP contribution is 2.32. The lowest BCUT2D eigenvalue weighted by molar-refractivity contribution is -0.140. The summed E-state index contributed by atoms with van der Waals surface area (Å²) in [6.07, 6.45) is 0.721. The van der Waals surface area contributed by atoms with Crippen molar-refractivity contribution in [1.29, 1.82) is 0 Å². The number of phenols is 1. The number of carbonyl (C=O) groups excluding carboxylic acids is 3. The van der Waals surface area contributed by atoms with Gasteiger partial charge in [-0.3, -0.25) is 9.59 Å². The van der Waals surface area contributed by atoms with Gasteiger partial charge in [0.05, 0.1) is 0 Å². The highest BCUT2D eigenvalue weighted by atomic mass is 16.6. The molecule has 0 aliphatic heterocycles. The molecule has 0 spiro atoms. The lowest BCUT2D eigenvalue weighted by Crippen LogP contribution is -2.48. The van der Waals surface area contributed by atoms with Crippen LogP contribution in [0.1, 0.15) is 63.3 Å². The highest BCUT2D eigenvalue weighted by Gasteiger charge is 2.33. The zero-order valence-corrected chi connectivity index (χ0v) is 21.3. The van der Waals surface area contributed by atoms with Gasteiger partial charge >= 0.3 is 6.09 Å². The Morgan fingerprint density at radius 3 is 2.34 bits per heavy atom. The van der Waals surface area contributed by atoms with E-state index < -0.39 is 29.6 Å². The summed E-state index contributed by atoms with van der Waals surface area (Å²) in [6.45, 7) is 9.13. The number of para-hydroxylation sites is 1. The van der Waals surface area contributed by atoms with E-state index in [1.165, 1.54) is 4.90 Å². The summed E-state index contributed by atoms with van der Waals surface area (Å²) in [4.78, 5) is 40.3. The molecule has 2 aromatic carbocycles. The first kappa shape index (κ1) is 27.7. The third kappa shape index (κ3) is 8.63. The number of aryl methyl sites for hydroxylation is 1. The third-order valence-electron chi connectivity index (χ3n) is 5.29. The summed E-state index contributed by atoms with van der Waals surface area (Å²) in [5.41, 5.74) is 1.13. The second-order valence-electron chi connectivity index (χ2n) is 9.41. The van der Waals surface area contributed by atoms with E-state index in [4.69, 9.17) is 4.74 Å². The van der Waals surface area contributed by atoms with Crippen LogP contribution in [0.2, 0.25) is 0 Å². The van der Waals surface area contributed by atoms with E-state index in [1.807, 2.05) is 37.3 Å². The first-order valence-corrected chi connectivity index (χ1v) is 11.9. The molecule has 0 fully saturated rings. The first-order chi connectivity index (χ1) is 16.5. The Morgan fingerprint density at radius 1 is 1.03 bits per heavy atom. The molecule has 0 heterocycles. The van der Waals surface area contributed by atoms with Gasteiger partial charge in [0, 0.05) is 18.7 Å². The van der Waals surface area contributed by atoms with Crippen molar-refractivity contribution in [3.63, 3.8) is 0 Å². The first-order valence-electron chi connectivity index (χ1n) is 11.9. The van der Waals surface area contributed by atoms with Gasteiger partial charge < -0.3 is 25.4 Å². The minimum Gasteiger partial charge on any atom is -0.507 e. The Bertz CT molecular complexity index is 1000. The smallest absolute Gasteiger partial charge is 0.408 e. The average Bonchev–Trinajstić information content (AvgIpc) is 2.80. The van der Waals surface area contributed by atoms with Crippen molar-refractivity contribution in [3.8, 4) is 5.75 Å². The summed E-state index contributed by atoms with van der Waals surface area (Å²) in [7, 11) is 0. The summed E-state index contributed by atoms with van der Waals surface area (Å²) < 4.78 is 5.22. The average molecular weight is 484 g/mol. The Balaban J connectivity index is 2.33. The predicted molar refractivity (Wildman–Crippen MR) is 135 cm³/mol. The normalized spacial score (nSPS) is 11.9. The fraction of sp³-hybridized carbons (Fsp3) is 0.444. The zero-order valence-electron chi connectivity index (χ0n) is 21.3. The summed E-state index contributed by atoms with van der Waals surface area (Å²) in [6, 6.07) is 13.5. The molecule has 0 bridgehead atoms. The molecule has 0 aromatic heterocycles. The SMILES string of the molecule is CCCCN(C(=O)CNC(=O)OC(C)(C)C)C(C(=O)NCc1ccccc1)c1cccc(C)c1O. The summed E-state index contributed by atoms with van der Waals surface area (Å²) in [5.74, 6) is -0.914. The van der Waals surface area contributed by atoms with E-state index >= 15 is 0 Å². The van der Waals surface area contributed by atoms with Gasteiger partial charge in [-0.1, -0.05) is 61.9 Å². The van der Waals surface area contributed by atoms with Gasteiger partial charge in [-0.25, -0.2) is 4.79 Å². The van der Waals surface area contributed by atoms with E-state index in [0.717, 1.165) is 12.0 Å². The van der Waals surface area contributed by atoms with E-state index in [2.05, 4.69) is 10.6 Å². The number of ether oxygens (including phenoxy) is 1. The van der Waals surface area contributed by atoms with E-state index in [-0.39, 0.29) is 25.4 Å². The molecule has 190 valence electrons. The Labute approximate surface area is 207 Å². The molecule has 8 heteroatoms. The molecule has 1 atom stereocenters. The molecule has 2 rings (SSSR count). The number of nitrogens with zero attached hydrogens (tertiary/aromatic N) is 1. The maximum Gasteiger partial charge on any atom is 0.408 e. The molecular formula is C27H37N3O5. The molecule has 0 aliphatic rings. The summed E-state index contributed by atoms with van der Waals surface area (Å²) >= 11 is 0. The van der Waals surface area contributed by atoms with Gasteiger partial charge in [-0.05, 0) is 45.2 Å². The highest BCUT2D eigenvalue weighted by molar-refractivity contribution is 5.91. The second kappa shape index (κ2) is 12.8. The van der Waals surface area contributed by atoms with Gasteiger partial charge in [0.25, 0.3) is 0 Å². The fourth-order valence-electron chi connectivity index (χ4n) is 3.52. The maximum atomic E-state index is 13.5. The van der Waals surface area contributed by atoms with Crippen molar-refractivity contribution in [2.75, 3.05) is 13.1 Å². The second-order valence-corrected chi connectivity index (χ2v) is 9.41. The minimum atomic E-state index is -1.07. The molecule has 2 aromatic rings. The van der Waals surface area contributed by atoms with Crippen molar-refractivity contribution in [3.05, 3.63) is 65.2 Å². The molecule has 0 saturated heterocycles. The van der Waals surface area contributed by atoms with Crippen LogP contribution in [0.5, 0.6) is 5.75 Å². The number of benzene rings is 2. The van der Waals surface area contributed by atoms with E-state index in [9.17, 15) is 19.5 Å². The molecule has 3 amide bonds. The molecule has 0 aliphatic carbocycles. The van der Waals surface area contributed by atoms with Crippen LogP contribution >= 0.6 is 0 Å². The van der Waals surface area contributed by atoms with Crippen molar-refractivity contribution >= 4 is 17.9 Å². The number of phenolic OH excluding ortho intramolecular Hbond substituents is 1. The number of nitrogens with one attached hydrogen (secondary N) is 2. The number of unbranched alkanes of at least 4 members (excludes halogenated alkanes) is 1. The van der Waals surface area contributed by atoms with Gasteiger partial charge in [0.15, 0.2) is 0 Å². The van der Waals surface area contributed by atoms with Crippen LogP contribution < -0.4 is 10.6 Å². The van der Waals surface area contributed by atoms with Crippen LogP contribution in [0, 0.1) is 6.92 Å². The molecule has 0 radical (unpaired) electrons. The van der Waals surface area contributed by atoms with Crippen LogP contribution in [-0.4, -0.2) is 46.6 Å². The number of amides is 3. The lowest BCUT2D eigenvalue weighted by Gasteiger charge is -2.32. The number of carbonyl (C=O) groups is 3. The predicted octanol–water partition coefficient (Wildman–Crippen LogP) is 4.21. The molecule has 1 unspecified atom stereocenters. The van der Waals surface area contributed by atoms with Gasteiger partial charge in [0.1, 0.15) is 23.9 Å². The van der Waals surface area contributed by atoms with Gasteiger partial charge in [-0.2, -0.15) is 0 Å². The largest absolute Gasteiger partial charge is 0.507 e.